The van der Waals surface area contributed by atoms with Crippen LogP contribution in [0.1, 0.15) is 11.4 Å². The normalized spacial score (nSPS) is 16.0. The van der Waals surface area contributed by atoms with Crippen LogP contribution in [0.25, 0.3) is 0 Å². The summed E-state index contributed by atoms with van der Waals surface area (Å²) in [4.78, 5) is 8.94. The molecule has 8 heteroatoms. The zero-order valence-corrected chi connectivity index (χ0v) is 16.3. The van der Waals surface area contributed by atoms with Crippen molar-refractivity contribution >= 4 is 50.3 Å². The molecule has 0 spiro atoms. The minimum Gasteiger partial charge on any atom is -0.348 e. The maximum absolute atomic E-state index is 13.2. The molecule has 1 aliphatic heterocycles. The van der Waals surface area contributed by atoms with Crippen LogP contribution in [0.3, 0.4) is 0 Å². The second-order valence-electron chi connectivity index (χ2n) is 5.60. The molecule has 0 aliphatic carbocycles. The van der Waals surface area contributed by atoms with E-state index in [-0.39, 0.29) is 5.82 Å². The van der Waals surface area contributed by atoms with Gasteiger partial charge in [0.25, 0.3) is 0 Å². The Bertz CT molecular complexity index is 695. The summed E-state index contributed by atoms with van der Waals surface area (Å²) in [7, 11) is 0. The average Bonchev–Trinajstić information content (AvgIpc) is 2.94. The Hall–Kier alpha value is -1.09. The third-order valence-electron chi connectivity index (χ3n) is 3.89. The zero-order valence-electron chi connectivity index (χ0n) is 13.0. The van der Waals surface area contributed by atoms with Crippen LogP contribution in [-0.2, 0) is 6.54 Å². The fourth-order valence-corrected chi connectivity index (χ4v) is 4.04. The van der Waals surface area contributed by atoms with Crippen molar-refractivity contribution in [3.8, 4) is 0 Å². The maximum Gasteiger partial charge on any atom is 0.173 e. The number of aromatic nitrogens is 1. The van der Waals surface area contributed by atoms with Gasteiger partial charge in [-0.25, -0.2) is 9.37 Å². The first-order valence-electron chi connectivity index (χ1n) is 7.73. The van der Waals surface area contributed by atoms with E-state index in [1.165, 1.54) is 12.1 Å². The lowest BCUT2D eigenvalue weighted by Gasteiger charge is -2.25. The molecule has 0 bridgehead atoms. The van der Waals surface area contributed by atoms with E-state index in [2.05, 4.69) is 36.0 Å². The van der Waals surface area contributed by atoms with Crippen LogP contribution in [0.4, 0.5) is 10.1 Å². The average molecular weight is 429 g/mol. The number of thiocarbonyl (C=S) groups is 1. The second-order valence-corrected chi connectivity index (χ2v) is 7.82. The van der Waals surface area contributed by atoms with Crippen molar-refractivity contribution in [2.24, 2.45) is 0 Å². The Morgan fingerprint density at radius 1 is 1.33 bits per heavy atom. The van der Waals surface area contributed by atoms with Gasteiger partial charge in [-0.1, -0.05) is 0 Å². The number of halogens is 2. The number of nitrogens with zero attached hydrogens (tertiary/aromatic N) is 3. The number of hydrogen-bond acceptors (Lipinski definition) is 4. The summed E-state index contributed by atoms with van der Waals surface area (Å²) in [5.74, 6) is -0.272. The number of rotatable bonds is 3. The number of thiazole rings is 1. The number of benzene rings is 1. The van der Waals surface area contributed by atoms with E-state index in [4.69, 9.17) is 12.2 Å². The van der Waals surface area contributed by atoms with Crippen molar-refractivity contribution < 1.29 is 4.39 Å². The zero-order chi connectivity index (χ0) is 16.9. The van der Waals surface area contributed by atoms with Gasteiger partial charge < -0.3 is 10.2 Å². The molecule has 24 heavy (non-hydrogen) atoms. The third kappa shape index (κ3) is 4.72. The van der Waals surface area contributed by atoms with Gasteiger partial charge in [-0.2, -0.15) is 0 Å². The Morgan fingerprint density at radius 3 is 2.96 bits per heavy atom. The van der Waals surface area contributed by atoms with E-state index >= 15 is 0 Å². The molecule has 1 aliphatic rings. The van der Waals surface area contributed by atoms with E-state index in [9.17, 15) is 4.39 Å². The molecule has 4 nitrogen and oxygen atoms in total. The molecule has 1 saturated heterocycles. The maximum atomic E-state index is 13.2. The molecular formula is C16H18BrFN4S2. The first-order valence-corrected chi connectivity index (χ1v) is 9.81. The predicted molar refractivity (Wildman–Crippen MR) is 104 cm³/mol. The van der Waals surface area contributed by atoms with E-state index in [1.807, 2.05) is 11.6 Å². The molecule has 0 saturated carbocycles. The van der Waals surface area contributed by atoms with Gasteiger partial charge in [-0.05, 0) is 52.8 Å². The van der Waals surface area contributed by atoms with Gasteiger partial charge in [0.1, 0.15) is 10.8 Å². The molecule has 1 aromatic heterocycles. The van der Waals surface area contributed by atoms with Crippen LogP contribution in [0, 0.1) is 5.82 Å². The Morgan fingerprint density at radius 2 is 2.21 bits per heavy atom. The predicted octanol–water partition coefficient (Wildman–Crippen LogP) is 3.95. The minimum atomic E-state index is -0.272. The molecule has 1 aromatic carbocycles. The first kappa shape index (κ1) is 17.7. The largest absolute Gasteiger partial charge is 0.348 e. The Labute approximate surface area is 158 Å². The number of anilines is 1. The van der Waals surface area contributed by atoms with Gasteiger partial charge >= 0.3 is 0 Å². The van der Waals surface area contributed by atoms with Crippen molar-refractivity contribution in [1.82, 2.24) is 14.8 Å². The molecule has 0 amide bonds. The van der Waals surface area contributed by atoms with Gasteiger partial charge in [-0.3, -0.25) is 4.90 Å². The quantitative estimate of drug-likeness (QED) is 0.747. The SMILES string of the molecule is Fc1ccc(NC(=S)N2CCCN(Cc3nccs3)CC2)c(Br)c1. The number of nitrogens with one attached hydrogen (secondary N) is 1. The lowest BCUT2D eigenvalue weighted by molar-refractivity contribution is 0.278. The molecule has 1 fully saturated rings. The molecule has 0 unspecified atom stereocenters. The smallest absolute Gasteiger partial charge is 0.173 e. The van der Waals surface area contributed by atoms with Crippen LogP contribution < -0.4 is 5.32 Å². The molecule has 0 atom stereocenters. The van der Waals surface area contributed by atoms with Gasteiger partial charge in [0.15, 0.2) is 5.11 Å². The highest BCUT2D eigenvalue weighted by molar-refractivity contribution is 9.10. The molecule has 128 valence electrons. The van der Waals surface area contributed by atoms with E-state index in [0.29, 0.717) is 9.59 Å². The topological polar surface area (TPSA) is 31.4 Å². The van der Waals surface area contributed by atoms with Gasteiger partial charge in [-0.15, -0.1) is 11.3 Å². The summed E-state index contributed by atoms with van der Waals surface area (Å²) < 4.78 is 13.9. The van der Waals surface area contributed by atoms with Crippen LogP contribution >= 0.6 is 39.5 Å². The van der Waals surface area contributed by atoms with Gasteiger partial charge in [0.05, 0.1) is 12.2 Å². The Kier molecular flexibility index (Phi) is 6.15. The molecule has 2 aromatic rings. The van der Waals surface area contributed by atoms with E-state index in [1.54, 1.807) is 17.4 Å². The van der Waals surface area contributed by atoms with Gasteiger partial charge in [0.2, 0.25) is 0 Å². The Balaban J connectivity index is 1.56. The van der Waals surface area contributed by atoms with Crippen molar-refractivity contribution in [3.05, 3.63) is 45.1 Å². The van der Waals surface area contributed by atoms with E-state index in [0.717, 1.165) is 49.8 Å². The highest BCUT2D eigenvalue weighted by Crippen LogP contribution is 2.23. The lowest BCUT2D eigenvalue weighted by Crippen LogP contribution is -2.37. The standard InChI is InChI=1S/C16H18BrFN4S2/c17-13-10-12(18)2-3-14(13)20-16(23)22-6-1-5-21(7-8-22)11-15-19-4-9-24-15/h2-4,9-10H,1,5-8,11H2,(H,20,23). The van der Waals surface area contributed by atoms with Gasteiger partial charge in [0, 0.05) is 42.2 Å². The summed E-state index contributed by atoms with van der Waals surface area (Å²) in [6.07, 6.45) is 2.90. The molecule has 2 heterocycles. The minimum absolute atomic E-state index is 0.272. The summed E-state index contributed by atoms with van der Waals surface area (Å²) >= 11 is 10.6. The van der Waals surface area contributed by atoms with Crippen molar-refractivity contribution in [2.45, 2.75) is 13.0 Å². The summed E-state index contributed by atoms with van der Waals surface area (Å²) in [5.41, 5.74) is 0.783. The number of hydrogen-bond donors (Lipinski definition) is 1. The monoisotopic (exact) mass is 428 g/mol. The highest BCUT2D eigenvalue weighted by Gasteiger charge is 2.18. The fraction of sp³-hybridized carbons (Fsp3) is 0.375. The fourth-order valence-electron chi connectivity index (χ4n) is 2.64. The highest BCUT2D eigenvalue weighted by atomic mass is 79.9. The van der Waals surface area contributed by atoms with Crippen molar-refractivity contribution in [1.29, 1.82) is 0 Å². The summed E-state index contributed by atoms with van der Waals surface area (Å²) in [6.45, 7) is 4.68. The van der Waals surface area contributed by atoms with Crippen LogP contribution in [-0.4, -0.2) is 46.1 Å². The van der Waals surface area contributed by atoms with Crippen LogP contribution in [0.15, 0.2) is 34.2 Å². The molecule has 1 N–H and O–H groups in total. The molecular weight excluding hydrogens is 411 g/mol. The third-order valence-corrected chi connectivity index (χ3v) is 5.67. The first-order chi connectivity index (χ1) is 11.6. The van der Waals surface area contributed by atoms with Crippen LogP contribution in [0.5, 0.6) is 0 Å². The summed E-state index contributed by atoms with van der Waals surface area (Å²) in [6, 6.07) is 4.55. The lowest BCUT2D eigenvalue weighted by atomic mass is 10.3. The van der Waals surface area contributed by atoms with Crippen molar-refractivity contribution in [2.75, 3.05) is 31.5 Å². The summed E-state index contributed by atoms with van der Waals surface area (Å²) in [5, 5.41) is 7.05. The second kappa shape index (κ2) is 8.33. The molecule has 0 radical (unpaired) electrons. The van der Waals surface area contributed by atoms with Crippen LogP contribution in [0.2, 0.25) is 0 Å². The molecule has 3 rings (SSSR count). The van der Waals surface area contributed by atoms with Crippen molar-refractivity contribution in [3.63, 3.8) is 0 Å². The van der Waals surface area contributed by atoms with E-state index < -0.39 is 0 Å².